The Morgan fingerprint density at radius 2 is 2.37 bits per heavy atom. The lowest BCUT2D eigenvalue weighted by molar-refractivity contribution is 0.0636. The first kappa shape index (κ1) is 13.9. The van der Waals surface area contributed by atoms with Crippen molar-refractivity contribution in [3.63, 3.8) is 0 Å². The number of halogens is 1. The maximum absolute atomic E-state index is 13.3. The van der Waals surface area contributed by atoms with Crippen LogP contribution in [-0.4, -0.2) is 54.0 Å². The van der Waals surface area contributed by atoms with Crippen LogP contribution in [-0.2, 0) is 6.54 Å². The SMILES string of the molecule is CN(C)Cc1cc(C(=O)N2CCCC(F)C2)ccn1. The molecular weight excluding hydrogens is 245 g/mol. The topological polar surface area (TPSA) is 36.4 Å². The Morgan fingerprint density at radius 1 is 1.58 bits per heavy atom. The Balaban J connectivity index is 2.10. The first-order valence-electron chi connectivity index (χ1n) is 6.59. The van der Waals surface area contributed by atoms with Crippen LogP contribution in [0.3, 0.4) is 0 Å². The Bertz CT molecular complexity index is 450. The van der Waals surface area contributed by atoms with Crippen LogP contribution >= 0.6 is 0 Å². The summed E-state index contributed by atoms with van der Waals surface area (Å²) in [5.74, 6) is -0.0928. The Labute approximate surface area is 113 Å². The van der Waals surface area contributed by atoms with Crippen molar-refractivity contribution in [3.05, 3.63) is 29.6 Å². The molecule has 0 aromatic carbocycles. The minimum atomic E-state index is -0.888. The molecule has 1 saturated heterocycles. The van der Waals surface area contributed by atoms with Gasteiger partial charge >= 0.3 is 0 Å². The van der Waals surface area contributed by atoms with E-state index in [1.807, 2.05) is 19.0 Å². The molecule has 104 valence electrons. The van der Waals surface area contributed by atoms with E-state index in [-0.39, 0.29) is 12.5 Å². The summed E-state index contributed by atoms with van der Waals surface area (Å²) in [5, 5.41) is 0. The zero-order valence-corrected chi connectivity index (χ0v) is 11.5. The van der Waals surface area contributed by atoms with Gasteiger partial charge in [0, 0.05) is 24.8 Å². The van der Waals surface area contributed by atoms with Crippen molar-refractivity contribution < 1.29 is 9.18 Å². The smallest absolute Gasteiger partial charge is 0.254 e. The van der Waals surface area contributed by atoms with Gasteiger partial charge in [-0.1, -0.05) is 0 Å². The van der Waals surface area contributed by atoms with Crippen LogP contribution in [0.5, 0.6) is 0 Å². The molecule has 0 spiro atoms. The Kier molecular flexibility index (Phi) is 4.47. The molecule has 1 fully saturated rings. The summed E-state index contributed by atoms with van der Waals surface area (Å²) in [7, 11) is 3.91. The summed E-state index contributed by atoms with van der Waals surface area (Å²) in [6.45, 7) is 1.54. The Hall–Kier alpha value is -1.49. The van der Waals surface area contributed by atoms with Gasteiger partial charge in [-0.05, 0) is 39.1 Å². The number of hydrogen-bond acceptors (Lipinski definition) is 3. The number of alkyl halides is 1. The number of carbonyl (C=O) groups is 1. The standard InChI is InChI=1S/C14H20FN3O/c1-17(2)10-13-8-11(5-6-16-13)14(19)18-7-3-4-12(15)9-18/h5-6,8,12H,3-4,7,9-10H2,1-2H3. The zero-order chi connectivity index (χ0) is 13.8. The summed E-state index contributed by atoms with van der Waals surface area (Å²) in [4.78, 5) is 20.1. The maximum Gasteiger partial charge on any atom is 0.254 e. The van der Waals surface area contributed by atoms with Crippen molar-refractivity contribution in [1.82, 2.24) is 14.8 Å². The van der Waals surface area contributed by atoms with Gasteiger partial charge < -0.3 is 9.80 Å². The molecule has 1 aliphatic heterocycles. The van der Waals surface area contributed by atoms with Crippen molar-refractivity contribution in [3.8, 4) is 0 Å². The number of rotatable bonds is 3. The van der Waals surface area contributed by atoms with E-state index in [2.05, 4.69) is 4.98 Å². The van der Waals surface area contributed by atoms with Gasteiger partial charge in [0.05, 0.1) is 12.2 Å². The van der Waals surface area contributed by atoms with Crippen molar-refractivity contribution in [1.29, 1.82) is 0 Å². The average molecular weight is 265 g/mol. The molecule has 0 bridgehead atoms. The van der Waals surface area contributed by atoms with Gasteiger partial charge in [0.1, 0.15) is 6.17 Å². The first-order chi connectivity index (χ1) is 9.06. The van der Waals surface area contributed by atoms with Gasteiger partial charge in [-0.15, -0.1) is 0 Å². The number of likely N-dealkylation sites (tertiary alicyclic amines) is 1. The lowest BCUT2D eigenvalue weighted by atomic mass is 10.1. The molecule has 1 aromatic rings. The number of amides is 1. The summed E-state index contributed by atoms with van der Waals surface area (Å²) < 4.78 is 13.3. The monoisotopic (exact) mass is 265 g/mol. The maximum atomic E-state index is 13.3. The number of hydrogen-bond donors (Lipinski definition) is 0. The molecule has 4 nitrogen and oxygen atoms in total. The molecular formula is C14H20FN3O. The molecule has 1 aromatic heterocycles. The predicted octanol–water partition coefficient (Wildman–Crippen LogP) is 1.72. The van der Waals surface area contributed by atoms with Gasteiger partial charge in [-0.2, -0.15) is 0 Å². The van der Waals surface area contributed by atoms with E-state index in [4.69, 9.17) is 0 Å². The summed E-state index contributed by atoms with van der Waals surface area (Å²) in [5.41, 5.74) is 1.45. The number of aromatic nitrogens is 1. The minimum Gasteiger partial charge on any atom is -0.336 e. The second-order valence-corrected chi connectivity index (χ2v) is 5.26. The lowest BCUT2D eigenvalue weighted by Crippen LogP contribution is -2.40. The summed E-state index contributed by atoms with van der Waals surface area (Å²) in [6.07, 6.45) is 2.05. The van der Waals surface area contributed by atoms with Crippen molar-refractivity contribution in [2.75, 3.05) is 27.2 Å². The van der Waals surface area contributed by atoms with Gasteiger partial charge in [0.2, 0.25) is 0 Å². The van der Waals surface area contributed by atoms with Gasteiger partial charge in [0.25, 0.3) is 5.91 Å². The van der Waals surface area contributed by atoms with Crippen LogP contribution in [0.25, 0.3) is 0 Å². The molecule has 1 unspecified atom stereocenters. The number of piperidine rings is 1. The van der Waals surface area contributed by atoms with Crippen molar-refractivity contribution in [2.24, 2.45) is 0 Å². The van der Waals surface area contributed by atoms with E-state index in [1.54, 1.807) is 23.2 Å². The quantitative estimate of drug-likeness (QED) is 0.835. The number of pyridine rings is 1. The van der Waals surface area contributed by atoms with Gasteiger partial charge in [0.15, 0.2) is 0 Å². The highest BCUT2D eigenvalue weighted by atomic mass is 19.1. The summed E-state index contributed by atoms with van der Waals surface area (Å²) in [6, 6.07) is 3.49. The third-order valence-corrected chi connectivity index (χ3v) is 3.19. The van der Waals surface area contributed by atoms with E-state index in [9.17, 15) is 9.18 Å². The van der Waals surface area contributed by atoms with Crippen molar-refractivity contribution in [2.45, 2.75) is 25.6 Å². The fourth-order valence-electron chi connectivity index (χ4n) is 2.31. The second-order valence-electron chi connectivity index (χ2n) is 5.26. The molecule has 5 heteroatoms. The van der Waals surface area contributed by atoms with E-state index < -0.39 is 6.17 Å². The fourth-order valence-corrected chi connectivity index (χ4v) is 2.31. The highest BCUT2D eigenvalue weighted by Gasteiger charge is 2.24. The van der Waals surface area contributed by atoms with E-state index in [0.29, 0.717) is 25.1 Å². The molecule has 0 aliphatic carbocycles. The van der Waals surface area contributed by atoms with Crippen LogP contribution < -0.4 is 0 Å². The van der Waals surface area contributed by atoms with Crippen LogP contribution in [0.15, 0.2) is 18.3 Å². The van der Waals surface area contributed by atoms with Crippen molar-refractivity contribution >= 4 is 5.91 Å². The molecule has 2 heterocycles. The molecule has 0 saturated carbocycles. The van der Waals surface area contributed by atoms with Crippen LogP contribution in [0.1, 0.15) is 28.9 Å². The summed E-state index contributed by atoms with van der Waals surface area (Å²) >= 11 is 0. The molecule has 1 amide bonds. The number of carbonyl (C=O) groups excluding carboxylic acids is 1. The molecule has 0 radical (unpaired) electrons. The highest BCUT2D eigenvalue weighted by molar-refractivity contribution is 5.94. The lowest BCUT2D eigenvalue weighted by Gasteiger charge is -2.29. The van der Waals surface area contributed by atoms with Gasteiger partial charge in [-0.3, -0.25) is 9.78 Å². The third kappa shape index (κ3) is 3.73. The second kappa shape index (κ2) is 6.10. The van der Waals surface area contributed by atoms with Crippen LogP contribution in [0, 0.1) is 0 Å². The molecule has 1 atom stereocenters. The average Bonchev–Trinajstić information content (AvgIpc) is 2.37. The molecule has 1 aliphatic rings. The highest BCUT2D eigenvalue weighted by Crippen LogP contribution is 2.16. The van der Waals surface area contributed by atoms with Crippen LogP contribution in [0.4, 0.5) is 4.39 Å². The van der Waals surface area contributed by atoms with E-state index in [0.717, 1.165) is 12.1 Å². The largest absolute Gasteiger partial charge is 0.336 e. The Morgan fingerprint density at radius 3 is 3.05 bits per heavy atom. The first-order valence-corrected chi connectivity index (χ1v) is 6.59. The fraction of sp³-hybridized carbons (Fsp3) is 0.571. The number of nitrogens with zero attached hydrogens (tertiary/aromatic N) is 3. The predicted molar refractivity (Wildman–Crippen MR) is 71.7 cm³/mol. The normalized spacial score (nSPS) is 19.8. The van der Waals surface area contributed by atoms with Crippen LogP contribution in [0.2, 0.25) is 0 Å². The van der Waals surface area contributed by atoms with E-state index in [1.165, 1.54) is 0 Å². The third-order valence-electron chi connectivity index (χ3n) is 3.19. The molecule has 2 rings (SSSR count). The molecule has 0 N–H and O–H groups in total. The minimum absolute atomic E-state index is 0.0928. The molecule has 19 heavy (non-hydrogen) atoms. The van der Waals surface area contributed by atoms with E-state index >= 15 is 0 Å². The van der Waals surface area contributed by atoms with Gasteiger partial charge in [-0.25, -0.2) is 4.39 Å². The zero-order valence-electron chi connectivity index (χ0n) is 11.5.